The summed E-state index contributed by atoms with van der Waals surface area (Å²) in [6.45, 7) is 2.16. The molecule has 0 aliphatic rings. The minimum Gasteiger partial charge on any atom is -0.154 e. The number of benzene rings is 1. The van der Waals surface area contributed by atoms with Gasteiger partial charge < -0.3 is 0 Å². The predicted octanol–water partition coefficient (Wildman–Crippen LogP) is 3.41. The summed E-state index contributed by atoms with van der Waals surface area (Å²) in [5, 5.41) is 1.14. The van der Waals surface area contributed by atoms with Crippen LogP contribution in [0.3, 0.4) is 0 Å². The summed E-state index contributed by atoms with van der Waals surface area (Å²) >= 11 is 3.78. The largest absolute Gasteiger partial charge is 0.154 e. The second kappa shape index (κ2) is 4.73. The van der Waals surface area contributed by atoms with Crippen LogP contribution in [0.15, 0.2) is 29.2 Å². The van der Waals surface area contributed by atoms with Gasteiger partial charge in [0.1, 0.15) is 0 Å². The Labute approximate surface area is 76.8 Å². The molecule has 0 bridgehead atoms. The maximum absolute atomic E-state index is 2.18. The molecule has 0 unspecified atom stereocenters. The first kappa shape index (κ1) is 9.01. The first-order valence-corrected chi connectivity index (χ1v) is 5.90. The summed E-state index contributed by atoms with van der Waals surface area (Å²) in [5.41, 5.74) is 1.38. The third kappa shape index (κ3) is 2.80. The average molecular weight is 184 g/mol. The summed E-state index contributed by atoms with van der Waals surface area (Å²) in [5.74, 6) is 0. The van der Waals surface area contributed by atoms with Crippen LogP contribution in [-0.2, 0) is 0 Å². The Hall–Kier alpha value is -0.0800. The average Bonchev–Trinajstić information content (AvgIpc) is 2.03. The van der Waals surface area contributed by atoms with E-state index in [9.17, 15) is 0 Å². The molecule has 0 atom stereocenters. The van der Waals surface area contributed by atoms with Crippen molar-refractivity contribution >= 4 is 23.5 Å². The van der Waals surface area contributed by atoms with Gasteiger partial charge in [0.25, 0.3) is 0 Å². The molecule has 1 aromatic rings. The number of thioether (sulfide) groups is 2. The summed E-state index contributed by atoms with van der Waals surface area (Å²) in [7, 11) is 0. The third-order valence-corrected chi connectivity index (χ3v) is 3.61. The Bertz CT molecular complexity index is 221. The zero-order chi connectivity index (χ0) is 8.10. The van der Waals surface area contributed by atoms with Crippen LogP contribution in [0.5, 0.6) is 0 Å². The van der Waals surface area contributed by atoms with Gasteiger partial charge >= 0.3 is 0 Å². The molecule has 0 spiro atoms. The van der Waals surface area contributed by atoms with E-state index in [0.717, 1.165) is 5.08 Å². The van der Waals surface area contributed by atoms with Gasteiger partial charge in [0.05, 0.1) is 0 Å². The van der Waals surface area contributed by atoms with E-state index in [4.69, 9.17) is 0 Å². The number of aryl methyl sites for hydroxylation is 1. The van der Waals surface area contributed by atoms with E-state index in [-0.39, 0.29) is 0 Å². The van der Waals surface area contributed by atoms with Gasteiger partial charge in [-0.3, -0.25) is 0 Å². The summed E-state index contributed by atoms with van der Waals surface area (Å²) in [4.78, 5) is 1.40. The van der Waals surface area contributed by atoms with Gasteiger partial charge in [-0.05, 0) is 24.8 Å². The Balaban J connectivity index is 2.62. The molecule has 1 rings (SSSR count). The van der Waals surface area contributed by atoms with Gasteiger partial charge in [-0.25, -0.2) is 0 Å². The molecule has 0 heterocycles. The normalized spacial score (nSPS) is 10.0. The van der Waals surface area contributed by atoms with Gasteiger partial charge in [-0.15, -0.1) is 11.8 Å². The molecule has 0 amide bonds. The van der Waals surface area contributed by atoms with Crippen LogP contribution in [0.4, 0.5) is 0 Å². The molecule has 11 heavy (non-hydrogen) atoms. The van der Waals surface area contributed by atoms with Gasteiger partial charge in [-0.1, -0.05) is 18.2 Å². The fraction of sp³-hybridized carbons (Fsp3) is 0.333. The van der Waals surface area contributed by atoms with E-state index in [0.29, 0.717) is 0 Å². The highest BCUT2D eigenvalue weighted by atomic mass is 32.2. The summed E-state index contributed by atoms with van der Waals surface area (Å²) in [6.07, 6.45) is 2.13. The maximum atomic E-state index is 2.18. The van der Waals surface area contributed by atoms with Crippen molar-refractivity contribution in [2.45, 2.75) is 11.8 Å². The van der Waals surface area contributed by atoms with Crippen LogP contribution >= 0.6 is 23.5 Å². The standard InChI is InChI=1S/C9H12S2/c1-8-5-3-4-6-9(8)11-7-10-2/h3-6H,7H2,1-2H3. The molecule has 60 valence electrons. The smallest absolute Gasteiger partial charge is 0.0436 e. The zero-order valence-electron chi connectivity index (χ0n) is 6.83. The number of rotatable bonds is 3. The first-order chi connectivity index (χ1) is 5.34. The predicted molar refractivity (Wildman–Crippen MR) is 55.4 cm³/mol. The molecule has 0 aliphatic carbocycles. The van der Waals surface area contributed by atoms with Crippen LogP contribution in [-0.4, -0.2) is 11.3 Å². The van der Waals surface area contributed by atoms with E-state index < -0.39 is 0 Å². The van der Waals surface area contributed by atoms with Crippen molar-refractivity contribution in [1.82, 2.24) is 0 Å². The Morgan fingerprint density at radius 1 is 1.27 bits per heavy atom. The van der Waals surface area contributed by atoms with Crippen LogP contribution in [0, 0.1) is 6.92 Å². The SMILES string of the molecule is CSCSc1ccccc1C. The molecule has 0 nitrogen and oxygen atoms in total. The van der Waals surface area contributed by atoms with Gasteiger partial charge in [-0.2, -0.15) is 11.8 Å². The molecule has 0 saturated heterocycles. The molecular weight excluding hydrogens is 172 g/mol. The van der Waals surface area contributed by atoms with Gasteiger partial charge in [0, 0.05) is 9.98 Å². The summed E-state index contributed by atoms with van der Waals surface area (Å²) < 4.78 is 0. The highest BCUT2D eigenvalue weighted by Gasteiger charge is 1.94. The third-order valence-electron chi connectivity index (χ3n) is 1.43. The van der Waals surface area contributed by atoms with Crippen molar-refractivity contribution in [3.05, 3.63) is 29.8 Å². The molecule has 1 aromatic carbocycles. The van der Waals surface area contributed by atoms with Crippen LogP contribution in [0.1, 0.15) is 5.56 Å². The number of hydrogen-bond donors (Lipinski definition) is 0. The van der Waals surface area contributed by atoms with Crippen molar-refractivity contribution < 1.29 is 0 Å². The maximum Gasteiger partial charge on any atom is 0.0436 e. The molecule has 0 radical (unpaired) electrons. The number of hydrogen-bond acceptors (Lipinski definition) is 2. The minimum atomic E-state index is 1.14. The van der Waals surface area contributed by atoms with Gasteiger partial charge in [0.2, 0.25) is 0 Å². The Morgan fingerprint density at radius 3 is 2.64 bits per heavy atom. The fourth-order valence-corrected chi connectivity index (χ4v) is 2.29. The minimum absolute atomic E-state index is 1.14. The Kier molecular flexibility index (Phi) is 3.87. The van der Waals surface area contributed by atoms with Crippen molar-refractivity contribution in [2.24, 2.45) is 0 Å². The van der Waals surface area contributed by atoms with Crippen molar-refractivity contribution in [2.75, 3.05) is 11.3 Å². The molecule has 0 aliphatic heterocycles. The lowest BCUT2D eigenvalue weighted by molar-refractivity contribution is 1.31. The monoisotopic (exact) mass is 184 g/mol. The van der Waals surface area contributed by atoms with E-state index in [1.54, 1.807) is 0 Å². The highest BCUT2D eigenvalue weighted by molar-refractivity contribution is 8.15. The summed E-state index contributed by atoms with van der Waals surface area (Å²) in [6, 6.07) is 8.51. The molecule has 0 aromatic heterocycles. The lowest BCUT2D eigenvalue weighted by atomic mass is 10.2. The van der Waals surface area contributed by atoms with Crippen LogP contribution in [0.25, 0.3) is 0 Å². The van der Waals surface area contributed by atoms with Gasteiger partial charge in [0.15, 0.2) is 0 Å². The topological polar surface area (TPSA) is 0 Å². The zero-order valence-corrected chi connectivity index (χ0v) is 8.47. The van der Waals surface area contributed by atoms with Crippen LogP contribution in [0.2, 0.25) is 0 Å². The highest BCUT2D eigenvalue weighted by Crippen LogP contribution is 2.24. The second-order valence-corrected chi connectivity index (χ2v) is 4.57. The second-order valence-electron chi connectivity index (χ2n) is 2.32. The molecule has 0 N–H and O–H groups in total. The van der Waals surface area contributed by atoms with E-state index >= 15 is 0 Å². The fourth-order valence-electron chi connectivity index (χ4n) is 0.841. The molecule has 0 saturated carbocycles. The lowest BCUT2D eigenvalue weighted by Crippen LogP contribution is -1.77. The van der Waals surface area contributed by atoms with Crippen LogP contribution < -0.4 is 0 Å². The Morgan fingerprint density at radius 2 is 2.00 bits per heavy atom. The van der Waals surface area contributed by atoms with Crippen molar-refractivity contribution in [1.29, 1.82) is 0 Å². The lowest BCUT2D eigenvalue weighted by Gasteiger charge is -2.02. The van der Waals surface area contributed by atoms with E-state index in [2.05, 4.69) is 37.4 Å². The molecular formula is C9H12S2. The van der Waals surface area contributed by atoms with Crippen molar-refractivity contribution in [3.8, 4) is 0 Å². The molecule has 0 fully saturated rings. The molecule has 2 heteroatoms. The van der Waals surface area contributed by atoms with E-state index in [1.165, 1.54) is 10.5 Å². The van der Waals surface area contributed by atoms with E-state index in [1.807, 2.05) is 23.5 Å². The first-order valence-electron chi connectivity index (χ1n) is 3.52. The van der Waals surface area contributed by atoms with Crippen molar-refractivity contribution in [3.63, 3.8) is 0 Å². The quantitative estimate of drug-likeness (QED) is 0.521.